The fraction of sp³-hybridized carbons (Fsp3) is 0.125. The van der Waals surface area contributed by atoms with E-state index in [1.807, 2.05) is 12.1 Å². The van der Waals surface area contributed by atoms with Crippen LogP contribution in [0.1, 0.15) is 5.89 Å². The molecule has 2 aromatic rings. The van der Waals surface area contributed by atoms with Crippen LogP contribution in [0.25, 0.3) is 0 Å². The van der Waals surface area contributed by atoms with Crippen molar-refractivity contribution in [2.24, 2.45) is 0 Å². The molecule has 0 saturated carbocycles. The quantitative estimate of drug-likeness (QED) is 0.767. The Morgan fingerprint density at radius 2 is 2.29 bits per heavy atom. The molecule has 2 heterocycles. The molecule has 0 aliphatic heterocycles. The minimum absolute atomic E-state index is 0.591. The van der Waals surface area contributed by atoms with Crippen LogP contribution in [0.4, 0.5) is 5.69 Å². The average Bonchev–Trinajstić information content (AvgIpc) is 2.70. The molecule has 2 aromatic heterocycles. The van der Waals surface area contributed by atoms with Gasteiger partial charge in [-0.1, -0.05) is 16.9 Å². The van der Waals surface area contributed by atoms with Crippen LogP contribution >= 0.6 is 11.8 Å². The first-order chi connectivity index (χ1) is 6.84. The van der Waals surface area contributed by atoms with E-state index < -0.39 is 0 Å². The zero-order chi connectivity index (χ0) is 9.80. The van der Waals surface area contributed by atoms with Gasteiger partial charge in [-0.3, -0.25) is 0 Å². The molecule has 14 heavy (non-hydrogen) atoms. The van der Waals surface area contributed by atoms with Gasteiger partial charge < -0.3 is 10.3 Å². The highest BCUT2D eigenvalue weighted by molar-refractivity contribution is 7.98. The van der Waals surface area contributed by atoms with E-state index in [0.29, 0.717) is 17.3 Å². The highest BCUT2D eigenvalue weighted by Crippen LogP contribution is 2.19. The van der Waals surface area contributed by atoms with Gasteiger partial charge in [0.25, 0.3) is 0 Å². The average molecular weight is 208 g/mol. The van der Waals surface area contributed by atoms with Gasteiger partial charge in [0.15, 0.2) is 6.33 Å². The van der Waals surface area contributed by atoms with Crippen LogP contribution in [0.15, 0.2) is 34.2 Å². The van der Waals surface area contributed by atoms with Crippen LogP contribution in [0.3, 0.4) is 0 Å². The van der Waals surface area contributed by atoms with E-state index in [4.69, 9.17) is 10.3 Å². The molecule has 0 amide bonds. The Morgan fingerprint density at radius 3 is 2.93 bits per heavy atom. The van der Waals surface area contributed by atoms with E-state index in [-0.39, 0.29) is 0 Å². The Morgan fingerprint density at radius 1 is 1.36 bits per heavy atom. The number of nitrogens with zero attached hydrogens (tertiary/aromatic N) is 3. The molecule has 0 spiro atoms. The molecule has 0 radical (unpaired) electrons. The SMILES string of the molecule is Nc1ccc(SCc2ncno2)nc1. The largest absolute Gasteiger partial charge is 0.397 e. The van der Waals surface area contributed by atoms with E-state index >= 15 is 0 Å². The third-order valence-electron chi connectivity index (χ3n) is 1.51. The molecular formula is C8H8N4OS. The Hall–Kier alpha value is -1.56. The van der Waals surface area contributed by atoms with Crippen LogP contribution in [0.5, 0.6) is 0 Å². The third-order valence-corrected chi connectivity index (χ3v) is 2.44. The molecule has 5 nitrogen and oxygen atoms in total. The van der Waals surface area contributed by atoms with Gasteiger partial charge in [0.2, 0.25) is 5.89 Å². The maximum atomic E-state index is 5.50. The molecule has 0 fully saturated rings. The van der Waals surface area contributed by atoms with Crippen molar-refractivity contribution < 1.29 is 4.52 Å². The molecule has 0 aromatic carbocycles. The summed E-state index contributed by atoms with van der Waals surface area (Å²) in [6.45, 7) is 0. The van der Waals surface area contributed by atoms with Crippen molar-refractivity contribution in [3.8, 4) is 0 Å². The number of rotatable bonds is 3. The summed E-state index contributed by atoms with van der Waals surface area (Å²) in [4.78, 5) is 8.02. The van der Waals surface area contributed by atoms with Crippen LogP contribution in [0.2, 0.25) is 0 Å². The van der Waals surface area contributed by atoms with Crippen molar-refractivity contribution in [2.45, 2.75) is 10.8 Å². The standard InChI is InChI=1S/C8H8N4OS/c9-6-1-2-8(10-3-6)14-4-7-11-5-12-13-7/h1-3,5H,4,9H2. The molecule has 6 heteroatoms. The molecule has 72 valence electrons. The second-order valence-electron chi connectivity index (χ2n) is 2.55. The molecule has 2 rings (SSSR count). The van der Waals surface area contributed by atoms with Crippen molar-refractivity contribution in [2.75, 3.05) is 5.73 Å². The summed E-state index contributed by atoms with van der Waals surface area (Å²) >= 11 is 1.52. The lowest BCUT2D eigenvalue weighted by Crippen LogP contribution is -1.87. The predicted molar refractivity (Wildman–Crippen MR) is 52.5 cm³/mol. The van der Waals surface area contributed by atoms with Gasteiger partial charge in [-0.2, -0.15) is 4.98 Å². The highest BCUT2D eigenvalue weighted by atomic mass is 32.2. The smallest absolute Gasteiger partial charge is 0.236 e. The van der Waals surface area contributed by atoms with Crippen molar-refractivity contribution >= 4 is 17.4 Å². The molecule has 0 saturated heterocycles. The Kier molecular flexibility index (Phi) is 2.64. The highest BCUT2D eigenvalue weighted by Gasteiger charge is 2.01. The lowest BCUT2D eigenvalue weighted by Gasteiger charge is -1.97. The monoisotopic (exact) mass is 208 g/mol. The lowest BCUT2D eigenvalue weighted by molar-refractivity contribution is 0.390. The molecule has 0 bridgehead atoms. The molecule has 0 unspecified atom stereocenters. The molecular weight excluding hydrogens is 200 g/mol. The van der Waals surface area contributed by atoms with Gasteiger partial charge in [0.05, 0.1) is 22.7 Å². The van der Waals surface area contributed by atoms with Crippen molar-refractivity contribution in [3.05, 3.63) is 30.5 Å². The van der Waals surface area contributed by atoms with Crippen molar-refractivity contribution in [3.63, 3.8) is 0 Å². The summed E-state index contributed by atoms with van der Waals surface area (Å²) in [5.41, 5.74) is 6.16. The summed E-state index contributed by atoms with van der Waals surface area (Å²) < 4.78 is 4.84. The van der Waals surface area contributed by atoms with Crippen LogP contribution in [-0.2, 0) is 5.75 Å². The number of nitrogens with two attached hydrogens (primary N) is 1. The number of aromatic nitrogens is 3. The lowest BCUT2D eigenvalue weighted by atomic mass is 10.4. The number of hydrogen-bond acceptors (Lipinski definition) is 6. The summed E-state index contributed by atoms with van der Waals surface area (Å²) in [5, 5.41) is 4.40. The predicted octanol–water partition coefficient (Wildman–Crippen LogP) is 1.34. The van der Waals surface area contributed by atoms with Crippen LogP contribution in [-0.4, -0.2) is 15.1 Å². The van der Waals surface area contributed by atoms with E-state index in [1.165, 1.54) is 18.1 Å². The Labute approximate surface area is 84.7 Å². The Bertz CT molecular complexity index is 386. The van der Waals surface area contributed by atoms with Crippen molar-refractivity contribution in [1.82, 2.24) is 15.1 Å². The summed E-state index contributed by atoms with van der Waals surface area (Å²) in [6, 6.07) is 3.67. The third kappa shape index (κ3) is 2.23. The van der Waals surface area contributed by atoms with E-state index in [9.17, 15) is 0 Å². The normalized spacial score (nSPS) is 10.3. The van der Waals surface area contributed by atoms with Crippen molar-refractivity contribution in [1.29, 1.82) is 0 Å². The Balaban J connectivity index is 1.95. The number of pyridine rings is 1. The molecule has 0 aliphatic rings. The fourth-order valence-electron chi connectivity index (χ4n) is 0.872. The molecule has 2 N–H and O–H groups in total. The second kappa shape index (κ2) is 4.10. The zero-order valence-electron chi connectivity index (χ0n) is 7.25. The topological polar surface area (TPSA) is 77.8 Å². The van der Waals surface area contributed by atoms with Crippen LogP contribution in [0, 0.1) is 0 Å². The van der Waals surface area contributed by atoms with Gasteiger partial charge in [-0.25, -0.2) is 4.98 Å². The van der Waals surface area contributed by atoms with Gasteiger partial charge in [-0.05, 0) is 12.1 Å². The second-order valence-corrected chi connectivity index (χ2v) is 3.55. The first-order valence-electron chi connectivity index (χ1n) is 3.94. The minimum atomic E-state index is 0.591. The fourth-order valence-corrected chi connectivity index (χ4v) is 1.56. The van der Waals surface area contributed by atoms with Gasteiger partial charge in [0, 0.05) is 0 Å². The minimum Gasteiger partial charge on any atom is -0.397 e. The van der Waals surface area contributed by atoms with Gasteiger partial charge in [-0.15, -0.1) is 0 Å². The molecule has 0 atom stereocenters. The zero-order valence-corrected chi connectivity index (χ0v) is 8.07. The maximum absolute atomic E-state index is 5.50. The molecule has 0 aliphatic carbocycles. The van der Waals surface area contributed by atoms with E-state index in [1.54, 1.807) is 6.20 Å². The maximum Gasteiger partial charge on any atom is 0.236 e. The first kappa shape index (κ1) is 9.01. The van der Waals surface area contributed by atoms with Crippen LogP contribution < -0.4 is 5.73 Å². The number of thioether (sulfide) groups is 1. The number of nitrogen functional groups attached to an aromatic ring is 1. The van der Waals surface area contributed by atoms with E-state index in [0.717, 1.165) is 5.03 Å². The number of anilines is 1. The summed E-state index contributed by atoms with van der Waals surface area (Å²) in [7, 11) is 0. The van der Waals surface area contributed by atoms with Gasteiger partial charge in [0.1, 0.15) is 0 Å². The summed E-state index contributed by atoms with van der Waals surface area (Å²) in [6.07, 6.45) is 3.00. The number of hydrogen-bond donors (Lipinski definition) is 1. The summed E-state index contributed by atoms with van der Waals surface area (Å²) in [5.74, 6) is 1.21. The first-order valence-corrected chi connectivity index (χ1v) is 4.93. The van der Waals surface area contributed by atoms with Gasteiger partial charge >= 0.3 is 0 Å². The van der Waals surface area contributed by atoms with E-state index in [2.05, 4.69) is 15.1 Å².